The molecule has 2 aromatic rings. The van der Waals surface area contributed by atoms with E-state index in [1.54, 1.807) is 7.11 Å². The van der Waals surface area contributed by atoms with E-state index in [9.17, 15) is 0 Å². The minimum atomic E-state index is 0.0917. The van der Waals surface area contributed by atoms with Gasteiger partial charge in [-0.25, -0.2) is 0 Å². The molecule has 0 fully saturated rings. The quantitative estimate of drug-likeness (QED) is 0.867. The van der Waals surface area contributed by atoms with Crippen LogP contribution in [0.5, 0.6) is 5.75 Å². The number of ether oxygens (including phenoxy) is 1. The average molecular weight is 304 g/mol. The SMILES string of the molecule is CCNC(c1ccc(OC)cc1C)c1ccc(C)cc1Cl. The predicted octanol–water partition coefficient (Wildman–Crippen LogP) is 4.66. The summed E-state index contributed by atoms with van der Waals surface area (Å²) in [6.07, 6.45) is 0. The molecule has 21 heavy (non-hydrogen) atoms. The van der Waals surface area contributed by atoms with Crippen molar-refractivity contribution in [1.29, 1.82) is 0 Å². The Balaban J connectivity index is 2.48. The second-order valence-electron chi connectivity index (χ2n) is 5.24. The molecule has 112 valence electrons. The van der Waals surface area contributed by atoms with Crippen LogP contribution in [0.4, 0.5) is 0 Å². The highest BCUT2D eigenvalue weighted by molar-refractivity contribution is 6.31. The molecule has 0 bridgehead atoms. The van der Waals surface area contributed by atoms with Crippen LogP contribution in [0.2, 0.25) is 5.02 Å². The van der Waals surface area contributed by atoms with Crippen LogP contribution in [0.1, 0.15) is 35.2 Å². The van der Waals surface area contributed by atoms with Gasteiger partial charge in [0.15, 0.2) is 0 Å². The Labute approximate surface area is 132 Å². The largest absolute Gasteiger partial charge is 0.497 e. The molecule has 3 heteroatoms. The third-order valence-corrected chi connectivity index (χ3v) is 3.99. The molecular weight excluding hydrogens is 282 g/mol. The monoisotopic (exact) mass is 303 g/mol. The Morgan fingerprint density at radius 3 is 2.38 bits per heavy atom. The van der Waals surface area contributed by atoms with Gasteiger partial charge in [-0.3, -0.25) is 0 Å². The lowest BCUT2D eigenvalue weighted by atomic mass is 9.94. The fourth-order valence-corrected chi connectivity index (χ4v) is 2.90. The molecule has 0 heterocycles. The molecule has 0 saturated carbocycles. The number of methoxy groups -OCH3 is 1. The second-order valence-corrected chi connectivity index (χ2v) is 5.65. The van der Waals surface area contributed by atoms with E-state index in [2.05, 4.69) is 50.4 Å². The van der Waals surface area contributed by atoms with Crippen molar-refractivity contribution in [2.45, 2.75) is 26.8 Å². The van der Waals surface area contributed by atoms with E-state index in [-0.39, 0.29) is 6.04 Å². The van der Waals surface area contributed by atoms with Gasteiger partial charge in [-0.1, -0.05) is 36.7 Å². The van der Waals surface area contributed by atoms with Gasteiger partial charge in [-0.2, -0.15) is 0 Å². The summed E-state index contributed by atoms with van der Waals surface area (Å²) in [7, 11) is 1.69. The maximum atomic E-state index is 6.46. The van der Waals surface area contributed by atoms with Crippen LogP contribution in [0.3, 0.4) is 0 Å². The maximum absolute atomic E-state index is 6.46. The Kier molecular flexibility index (Phi) is 5.27. The summed E-state index contributed by atoms with van der Waals surface area (Å²) < 4.78 is 5.29. The zero-order valence-electron chi connectivity index (χ0n) is 13.0. The van der Waals surface area contributed by atoms with Gasteiger partial charge in [0.1, 0.15) is 5.75 Å². The minimum Gasteiger partial charge on any atom is -0.497 e. The van der Waals surface area contributed by atoms with Crippen LogP contribution < -0.4 is 10.1 Å². The first-order valence-electron chi connectivity index (χ1n) is 7.20. The number of hydrogen-bond donors (Lipinski definition) is 1. The zero-order valence-corrected chi connectivity index (χ0v) is 13.8. The Morgan fingerprint density at radius 2 is 1.81 bits per heavy atom. The van der Waals surface area contributed by atoms with Crippen LogP contribution in [-0.4, -0.2) is 13.7 Å². The van der Waals surface area contributed by atoms with E-state index in [0.717, 1.165) is 22.9 Å². The third-order valence-electron chi connectivity index (χ3n) is 3.66. The topological polar surface area (TPSA) is 21.3 Å². The third kappa shape index (κ3) is 3.58. The van der Waals surface area contributed by atoms with Crippen LogP contribution in [0.15, 0.2) is 36.4 Å². The molecule has 0 aliphatic carbocycles. The number of benzene rings is 2. The minimum absolute atomic E-state index is 0.0917. The van der Waals surface area contributed by atoms with Crippen molar-refractivity contribution in [1.82, 2.24) is 5.32 Å². The average Bonchev–Trinajstić information content (AvgIpc) is 2.46. The smallest absolute Gasteiger partial charge is 0.119 e. The van der Waals surface area contributed by atoms with Crippen LogP contribution in [-0.2, 0) is 0 Å². The summed E-state index contributed by atoms with van der Waals surface area (Å²) in [5, 5.41) is 4.33. The van der Waals surface area contributed by atoms with Gasteiger partial charge < -0.3 is 10.1 Å². The number of nitrogens with one attached hydrogen (secondary N) is 1. The van der Waals surface area contributed by atoms with Crippen LogP contribution in [0.25, 0.3) is 0 Å². The first kappa shape index (κ1) is 15.9. The van der Waals surface area contributed by atoms with E-state index in [0.29, 0.717) is 0 Å². The Bertz CT molecular complexity index is 625. The summed E-state index contributed by atoms with van der Waals surface area (Å²) in [5.41, 5.74) is 4.70. The molecule has 1 unspecified atom stereocenters. The van der Waals surface area contributed by atoms with E-state index in [1.807, 2.05) is 12.1 Å². The maximum Gasteiger partial charge on any atom is 0.119 e. The molecule has 2 nitrogen and oxygen atoms in total. The molecule has 1 N–H and O–H groups in total. The molecule has 2 aromatic carbocycles. The summed E-state index contributed by atoms with van der Waals surface area (Å²) in [6.45, 7) is 7.13. The van der Waals surface area contributed by atoms with Gasteiger partial charge in [0, 0.05) is 5.02 Å². The molecular formula is C18H22ClNO. The van der Waals surface area contributed by atoms with Crippen molar-refractivity contribution in [3.05, 3.63) is 63.7 Å². The number of aryl methyl sites for hydroxylation is 2. The number of halogens is 1. The molecule has 2 rings (SSSR count). The molecule has 0 aliphatic heterocycles. The lowest BCUT2D eigenvalue weighted by molar-refractivity contribution is 0.414. The van der Waals surface area contributed by atoms with Crippen molar-refractivity contribution in [3.8, 4) is 5.75 Å². The van der Waals surface area contributed by atoms with Crippen molar-refractivity contribution < 1.29 is 4.74 Å². The van der Waals surface area contributed by atoms with Gasteiger partial charge in [-0.05, 0) is 60.8 Å². The van der Waals surface area contributed by atoms with E-state index >= 15 is 0 Å². The summed E-state index contributed by atoms with van der Waals surface area (Å²) in [4.78, 5) is 0. The van der Waals surface area contributed by atoms with E-state index in [1.165, 1.54) is 16.7 Å². The molecule has 0 saturated heterocycles. The van der Waals surface area contributed by atoms with Crippen LogP contribution in [0, 0.1) is 13.8 Å². The van der Waals surface area contributed by atoms with Crippen molar-refractivity contribution in [3.63, 3.8) is 0 Å². The molecule has 0 amide bonds. The molecule has 1 atom stereocenters. The fraction of sp³-hybridized carbons (Fsp3) is 0.333. The van der Waals surface area contributed by atoms with Gasteiger partial charge in [0.05, 0.1) is 13.2 Å². The normalized spacial score (nSPS) is 12.2. The molecule has 0 spiro atoms. The fourth-order valence-electron chi connectivity index (χ4n) is 2.56. The second kappa shape index (κ2) is 6.97. The Morgan fingerprint density at radius 1 is 1.10 bits per heavy atom. The molecule has 0 aliphatic rings. The van der Waals surface area contributed by atoms with E-state index in [4.69, 9.17) is 16.3 Å². The lowest BCUT2D eigenvalue weighted by Crippen LogP contribution is -2.23. The van der Waals surface area contributed by atoms with E-state index < -0.39 is 0 Å². The molecule has 0 aromatic heterocycles. The summed E-state index contributed by atoms with van der Waals surface area (Å²) in [6, 6.07) is 12.5. The van der Waals surface area contributed by atoms with Gasteiger partial charge in [0.25, 0.3) is 0 Å². The van der Waals surface area contributed by atoms with Crippen molar-refractivity contribution in [2.24, 2.45) is 0 Å². The van der Waals surface area contributed by atoms with Gasteiger partial charge in [-0.15, -0.1) is 0 Å². The zero-order chi connectivity index (χ0) is 15.4. The molecule has 0 radical (unpaired) electrons. The highest BCUT2D eigenvalue weighted by atomic mass is 35.5. The predicted molar refractivity (Wildman–Crippen MR) is 89.4 cm³/mol. The number of rotatable bonds is 5. The van der Waals surface area contributed by atoms with Gasteiger partial charge in [0.2, 0.25) is 0 Å². The number of hydrogen-bond acceptors (Lipinski definition) is 2. The van der Waals surface area contributed by atoms with Gasteiger partial charge >= 0.3 is 0 Å². The summed E-state index contributed by atoms with van der Waals surface area (Å²) >= 11 is 6.46. The van der Waals surface area contributed by atoms with Crippen molar-refractivity contribution in [2.75, 3.05) is 13.7 Å². The summed E-state index contributed by atoms with van der Waals surface area (Å²) in [5.74, 6) is 0.876. The standard InChI is InChI=1S/C18H22ClNO/c1-5-20-18(16-8-6-12(2)10-17(16)19)15-9-7-14(21-4)11-13(15)3/h6-11,18,20H,5H2,1-4H3. The highest BCUT2D eigenvalue weighted by Crippen LogP contribution is 2.32. The lowest BCUT2D eigenvalue weighted by Gasteiger charge is -2.22. The first-order valence-corrected chi connectivity index (χ1v) is 7.58. The van der Waals surface area contributed by atoms with Crippen LogP contribution >= 0.6 is 11.6 Å². The highest BCUT2D eigenvalue weighted by Gasteiger charge is 2.18. The Hall–Kier alpha value is -1.51. The first-order chi connectivity index (χ1) is 10.1. The van der Waals surface area contributed by atoms with Crippen molar-refractivity contribution >= 4 is 11.6 Å².